The van der Waals surface area contributed by atoms with Gasteiger partial charge >= 0.3 is 0 Å². The molecule has 0 spiro atoms. The molecular formula is C18H22N4O2. The molecule has 2 aliphatic heterocycles. The zero-order chi connectivity index (χ0) is 16.7. The molecule has 1 unspecified atom stereocenters. The summed E-state index contributed by atoms with van der Waals surface area (Å²) >= 11 is 0. The van der Waals surface area contributed by atoms with Gasteiger partial charge in [0.1, 0.15) is 0 Å². The molecule has 0 aliphatic carbocycles. The Morgan fingerprint density at radius 3 is 3.08 bits per heavy atom. The van der Waals surface area contributed by atoms with Crippen molar-refractivity contribution in [3.05, 3.63) is 52.3 Å². The zero-order valence-corrected chi connectivity index (χ0v) is 13.8. The third-order valence-electron chi connectivity index (χ3n) is 4.91. The number of hydrogen-bond donors (Lipinski definition) is 2. The molecule has 0 bridgehead atoms. The van der Waals surface area contributed by atoms with Crippen molar-refractivity contribution in [2.24, 2.45) is 0 Å². The van der Waals surface area contributed by atoms with Gasteiger partial charge in [0.05, 0.1) is 18.8 Å². The number of aromatic nitrogens is 2. The van der Waals surface area contributed by atoms with E-state index in [9.17, 15) is 9.90 Å². The summed E-state index contributed by atoms with van der Waals surface area (Å²) in [4.78, 5) is 14.7. The summed E-state index contributed by atoms with van der Waals surface area (Å²) in [6, 6.07) is 8.27. The van der Waals surface area contributed by atoms with Gasteiger partial charge in [-0.2, -0.15) is 5.10 Å². The van der Waals surface area contributed by atoms with Crippen LogP contribution in [0.3, 0.4) is 0 Å². The predicted molar refractivity (Wildman–Crippen MR) is 89.3 cm³/mol. The number of carbonyl (C=O) groups is 1. The molecule has 4 rings (SSSR count). The number of rotatable bonds is 2. The summed E-state index contributed by atoms with van der Waals surface area (Å²) in [5, 5.41) is 17.1. The zero-order valence-electron chi connectivity index (χ0n) is 13.8. The van der Waals surface area contributed by atoms with Crippen LogP contribution in [0.2, 0.25) is 0 Å². The van der Waals surface area contributed by atoms with Crippen LogP contribution in [0.1, 0.15) is 39.8 Å². The second-order valence-corrected chi connectivity index (χ2v) is 6.72. The molecule has 0 saturated heterocycles. The van der Waals surface area contributed by atoms with E-state index in [1.165, 1.54) is 5.56 Å². The molecule has 1 atom stereocenters. The van der Waals surface area contributed by atoms with Crippen LogP contribution in [-0.2, 0) is 32.7 Å². The van der Waals surface area contributed by atoms with Crippen LogP contribution in [0.15, 0.2) is 24.3 Å². The van der Waals surface area contributed by atoms with Crippen molar-refractivity contribution < 1.29 is 9.90 Å². The van der Waals surface area contributed by atoms with E-state index in [1.54, 1.807) is 0 Å². The van der Waals surface area contributed by atoms with Gasteiger partial charge in [0.25, 0.3) is 5.91 Å². The normalized spacial score (nSPS) is 19.8. The Morgan fingerprint density at radius 1 is 1.38 bits per heavy atom. The molecule has 1 aromatic carbocycles. The number of benzene rings is 1. The lowest BCUT2D eigenvalue weighted by atomic mass is 9.97. The summed E-state index contributed by atoms with van der Waals surface area (Å²) in [7, 11) is 0. The van der Waals surface area contributed by atoms with Crippen LogP contribution >= 0.6 is 0 Å². The van der Waals surface area contributed by atoms with Crippen molar-refractivity contribution in [2.75, 3.05) is 6.54 Å². The van der Waals surface area contributed by atoms with Crippen molar-refractivity contribution in [2.45, 2.75) is 45.6 Å². The van der Waals surface area contributed by atoms with Crippen LogP contribution in [0.25, 0.3) is 0 Å². The van der Waals surface area contributed by atoms with E-state index in [2.05, 4.69) is 17.3 Å². The minimum atomic E-state index is 0.00133. The van der Waals surface area contributed by atoms with Gasteiger partial charge in [0.2, 0.25) is 0 Å². The first-order chi connectivity index (χ1) is 11.6. The van der Waals surface area contributed by atoms with Crippen LogP contribution in [0.5, 0.6) is 0 Å². The van der Waals surface area contributed by atoms with E-state index in [0.29, 0.717) is 24.8 Å². The summed E-state index contributed by atoms with van der Waals surface area (Å²) in [6.45, 7) is 5.04. The summed E-state index contributed by atoms with van der Waals surface area (Å²) < 4.78 is 1.94. The minimum absolute atomic E-state index is 0.00133. The number of nitrogens with zero attached hydrogens (tertiary/aromatic N) is 3. The highest BCUT2D eigenvalue weighted by molar-refractivity contribution is 5.92. The predicted octanol–water partition coefficient (Wildman–Crippen LogP) is 1.07. The average molecular weight is 326 g/mol. The van der Waals surface area contributed by atoms with Crippen molar-refractivity contribution in [3.8, 4) is 0 Å². The lowest BCUT2D eigenvalue weighted by molar-refractivity contribution is 0.0727. The van der Waals surface area contributed by atoms with E-state index in [1.807, 2.05) is 33.8 Å². The molecular weight excluding hydrogens is 304 g/mol. The largest absolute Gasteiger partial charge is 0.392 e. The van der Waals surface area contributed by atoms with Gasteiger partial charge in [-0.3, -0.25) is 9.48 Å². The van der Waals surface area contributed by atoms with Crippen molar-refractivity contribution >= 4 is 5.91 Å². The first-order valence-electron chi connectivity index (χ1n) is 8.45. The molecule has 24 heavy (non-hydrogen) atoms. The van der Waals surface area contributed by atoms with Crippen LogP contribution in [0, 0.1) is 0 Å². The van der Waals surface area contributed by atoms with E-state index in [-0.39, 0.29) is 12.5 Å². The van der Waals surface area contributed by atoms with Gasteiger partial charge < -0.3 is 15.3 Å². The second kappa shape index (κ2) is 6.03. The smallest absolute Gasteiger partial charge is 0.274 e. The monoisotopic (exact) mass is 326 g/mol. The third-order valence-corrected chi connectivity index (χ3v) is 4.91. The molecule has 6 heteroatoms. The number of fused-ring (bicyclic) bond motifs is 2. The maximum absolute atomic E-state index is 12.8. The SMILES string of the molecule is CC1Cn2nc(C(=O)N3CCc4cc(CO)ccc4C3)cc2CN1. The third kappa shape index (κ3) is 2.72. The molecule has 2 aromatic rings. The molecule has 6 nitrogen and oxygen atoms in total. The van der Waals surface area contributed by atoms with Crippen molar-refractivity contribution in [1.82, 2.24) is 20.0 Å². The van der Waals surface area contributed by atoms with Gasteiger partial charge in [-0.25, -0.2) is 0 Å². The molecule has 0 saturated carbocycles. The highest BCUT2D eigenvalue weighted by Crippen LogP contribution is 2.22. The first-order valence-corrected chi connectivity index (χ1v) is 8.45. The Hall–Kier alpha value is -2.18. The van der Waals surface area contributed by atoms with Gasteiger partial charge in [-0.1, -0.05) is 18.2 Å². The summed E-state index contributed by atoms with van der Waals surface area (Å²) in [5.41, 5.74) is 4.92. The number of carbonyl (C=O) groups excluding carboxylic acids is 1. The van der Waals surface area contributed by atoms with Crippen LogP contribution in [0.4, 0.5) is 0 Å². The number of nitrogens with one attached hydrogen (secondary N) is 1. The average Bonchev–Trinajstić information content (AvgIpc) is 3.03. The van der Waals surface area contributed by atoms with Gasteiger partial charge in [-0.15, -0.1) is 0 Å². The van der Waals surface area contributed by atoms with E-state index >= 15 is 0 Å². The topological polar surface area (TPSA) is 70.4 Å². The van der Waals surface area contributed by atoms with E-state index in [0.717, 1.165) is 36.3 Å². The number of amides is 1. The second-order valence-electron chi connectivity index (χ2n) is 6.72. The maximum atomic E-state index is 12.8. The highest BCUT2D eigenvalue weighted by Gasteiger charge is 2.26. The Balaban J connectivity index is 1.53. The minimum Gasteiger partial charge on any atom is -0.392 e. The maximum Gasteiger partial charge on any atom is 0.274 e. The molecule has 0 radical (unpaired) electrons. The van der Waals surface area contributed by atoms with Crippen LogP contribution in [-0.4, -0.2) is 38.3 Å². The molecule has 2 N–H and O–H groups in total. The Kier molecular flexibility index (Phi) is 3.86. The lowest BCUT2D eigenvalue weighted by Gasteiger charge is -2.28. The number of aliphatic hydroxyl groups excluding tert-OH is 1. The van der Waals surface area contributed by atoms with E-state index < -0.39 is 0 Å². The standard InChI is InChI=1S/C18H22N4O2/c1-12-9-22-16(8-19-12)7-17(20-22)18(24)21-5-4-14-6-13(11-23)2-3-15(14)10-21/h2-3,6-7,12,19,23H,4-5,8-11H2,1H3. The van der Waals surface area contributed by atoms with Crippen LogP contribution < -0.4 is 5.32 Å². The molecule has 1 amide bonds. The molecule has 0 fully saturated rings. The Morgan fingerprint density at radius 2 is 2.25 bits per heavy atom. The van der Waals surface area contributed by atoms with Crippen molar-refractivity contribution in [3.63, 3.8) is 0 Å². The van der Waals surface area contributed by atoms with Gasteiger partial charge in [-0.05, 0) is 36.1 Å². The molecule has 2 aliphatic rings. The highest BCUT2D eigenvalue weighted by atomic mass is 16.3. The molecule has 1 aromatic heterocycles. The quantitative estimate of drug-likeness (QED) is 0.866. The van der Waals surface area contributed by atoms with E-state index in [4.69, 9.17) is 0 Å². The fourth-order valence-electron chi connectivity index (χ4n) is 3.50. The summed E-state index contributed by atoms with van der Waals surface area (Å²) in [6.07, 6.45) is 0.821. The fraction of sp³-hybridized carbons (Fsp3) is 0.444. The fourth-order valence-corrected chi connectivity index (χ4v) is 3.50. The Bertz CT molecular complexity index is 783. The molecule has 126 valence electrons. The first kappa shape index (κ1) is 15.4. The Labute approximate surface area is 141 Å². The summed E-state index contributed by atoms with van der Waals surface area (Å²) in [5.74, 6) is 0.00133. The number of aliphatic hydroxyl groups is 1. The molecule has 3 heterocycles. The van der Waals surface area contributed by atoms with Crippen molar-refractivity contribution in [1.29, 1.82) is 0 Å². The van der Waals surface area contributed by atoms with Gasteiger partial charge in [0.15, 0.2) is 5.69 Å². The van der Waals surface area contributed by atoms with Gasteiger partial charge in [0, 0.05) is 25.7 Å². The number of hydrogen-bond acceptors (Lipinski definition) is 4. The lowest BCUT2D eigenvalue weighted by Crippen LogP contribution is -2.37.